The van der Waals surface area contributed by atoms with Crippen molar-refractivity contribution in [2.45, 2.75) is 301 Å². The maximum absolute atomic E-state index is 12.6. The second-order valence-electron chi connectivity index (χ2n) is 18.2. The SMILES string of the molecule is CCCCCCCCCCCC/C=C/CC/C=C/CCCC(O)C(O)C(CO)NC(=O)C(O)CCCCCCCCCCCCCCCCCCCCCCCCCC. The Kier molecular flexibility index (Phi) is 46.9. The zero-order chi connectivity index (χ0) is 43.1. The van der Waals surface area contributed by atoms with Crippen molar-refractivity contribution in [1.82, 2.24) is 5.32 Å². The summed E-state index contributed by atoms with van der Waals surface area (Å²) in [5, 5.41) is 43.8. The van der Waals surface area contributed by atoms with Gasteiger partial charge in [0.1, 0.15) is 12.2 Å². The molecule has 6 nitrogen and oxygen atoms in total. The van der Waals surface area contributed by atoms with E-state index in [1.807, 2.05) is 0 Å². The van der Waals surface area contributed by atoms with Crippen LogP contribution in [0.25, 0.3) is 0 Å². The smallest absolute Gasteiger partial charge is 0.249 e. The van der Waals surface area contributed by atoms with Crippen molar-refractivity contribution in [2.75, 3.05) is 6.61 Å². The minimum absolute atomic E-state index is 0.364. The van der Waals surface area contributed by atoms with E-state index in [2.05, 4.69) is 43.5 Å². The molecule has 4 atom stereocenters. The Hall–Kier alpha value is -1.21. The van der Waals surface area contributed by atoms with Gasteiger partial charge in [-0.3, -0.25) is 4.79 Å². The summed E-state index contributed by atoms with van der Waals surface area (Å²) in [6.07, 6.45) is 56.6. The van der Waals surface area contributed by atoms with Gasteiger partial charge in [0.25, 0.3) is 0 Å². The Labute approximate surface area is 367 Å². The standard InChI is InChI=1S/C53H103NO5/c1-3-5-7-9-11-13-15-17-19-21-23-24-25-26-27-29-31-33-35-37-39-41-43-45-47-51(57)53(59)54-49(48-55)52(58)50(56)46-44-42-40-38-36-34-32-30-28-22-20-18-16-14-12-10-8-6-4-2/h30,32,38,40,49-52,55-58H,3-29,31,33-37,39,41-48H2,1-2H3,(H,54,59)/b32-30+,40-38+. The van der Waals surface area contributed by atoms with Crippen LogP contribution in [-0.2, 0) is 4.79 Å². The van der Waals surface area contributed by atoms with Crippen LogP contribution in [0.1, 0.15) is 277 Å². The minimum Gasteiger partial charge on any atom is -0.394 e. The highest BCUT2D eigenvalue weighted by Crippen LogP contribution is 2.17. The zero-order valence-corrected chi connectivity index (χ0v) is 39.5. The van der Waals surface area contributed by atoms with Crippen LogP contribution in [-0.4, -0.2) is 57.3 Å². The molecule has 0 aliphatic rings. The van der Waals surface area contributed by atoms with Crippen molar-refractivity contribution in [3.05, 3.63) is 24.3 Å². The first-order valence-corrected chi connectivity index (χ1v) is 26.2. The molecular weight excluding hydrogens is 731 g/mol. The average molecular weight is 834 g/mol. The molecular formula is C53H103NO5. The summed E-state index contributed by atoms with van der Waals surface area (Å²) in [5.41, 5.74) is 0. The molecule has 0 saturated heterocycles. The van der Waals surface area contributed by atoms with Crippen LogP contribution in [0.3, 0.4) is 0 Å². The quantitative estimate of drug-likeness (QED) is 0.0310. The average Bonchev–Trinajstić information content (AvgIpc) is 3.24. The molecule has 0 radical (unpaired) electrons. The molecule has 0 fully saturated rings. The van der Waals surface area contributed by atoms with Crippen LogP contribution < -0.4 is 5.32 Å². The molecule has 350 valence electrons. The van der Waals surface area contributed by atoms with Crippen molar-refractivity contribution in [2.24, 2.45) is 0 Å². The lowest BCUT2D eigenvalue weighted by molar-refractivity contribution is -0.132. The van der Waals surface area contributed by atoms with E-state index in [0.29, 0.717) is 19.3 Å². The second kappa shape index (κ2) is 47.8. The predicted octanol–water partition coefficient (Wildman–Crippen LogP) is 14.7. The van der Waals surface area contributed by atoms with E-state index in [0.717, 1.165) is 38.5 Å². The lowest BCUT2D eigenvalue weighted by atomic mass is 10.00. The molecule has 0 spiro atoms. The van der Waals surface area contributed by atoms with Gasteiger partial charge in [-0.25, -0.2) is 0 Å². The lowest BCUT2D eigenvalue weighted by Crippen LogP contribution is -2.53. The number of rotatable bonds is 48. The monoisotopic (exact) mass is 834 g/mol. The summed E-state index contributed by atoms with van der Waals surface area (Å²) in [7, 11) is 0. The highest BCUT2D eigenvalue weighted by atomic mass is 16.3. The number of unbranched alkanes of at least 4 members (excludes halogenated alkanes) is 35. The Morgan fingerprint density at radius 3 is 1.07 bits per heavy atom. The summed E-state index contributed by atoms with van der Waals surface area (Å²) in [4.78, 5) is 12.6. The molecule has 0 saturated carbocycles. The maximum Gasteiger partial charge on any atom is 0.249 e. The number of allylic oxidation sites excluding steroid dienone is 4. The fourth-order valence-electron chi connectivity index (χ4n) is 8.25. The van der Waals surface area contributed by atoms with Crippen LogP contribution in [0, 0.1) is 0 Å². The molecule has 0 rings (SSSR count). The van der Waals surface area contributed by atoms with Crippen molar-refractivity contribution in [3.8, 4) is 0 Å². The highest BCUT2D eigenvalue weighted by molar-refractivity contribution is 5.80. The van der Waals surface area contributed by atoms with E-state index >= 15 is 0 Å². The molecule has 0 aliphatic carbocycles. The predicted molar refractivity (Wildman–Crippen MR) is 256 cm³/mol. The summed E-state index contributed by atoms with van der Waals surface area (Å²) in [5.74, 6) is -0.593. The van der Waals surface area contributed by atoms with Crippen LogP contribution in [0.5, 0.6) is 0 Å². The van der Waals surface area contributed by atoms with Crippen molar-refractivity contribution >= 4 is 5.91 Å². The van der Waals surface area contributed by atoms with Crippen molar-refractivity contribution < 1.29 is 25.2 Å². The topological polar surface area (TPSA) is 110 Å². The molecule has 6 heteroatoms. The van der Waals surface area contributed by atoms with Crippen LogP contribution in [0.4, 0.5) is 0 Å². The highest BCUT2D eigenvalue weighted by Gasteiger charge is 2.28. The third-order valence-corrected chi connectivity index (χ3v) is 12.4. The number of nitrogens with one attached hydrogen (secondary N) is 1. The Bertz CT molecular complexity index is 893. The summed E-state index contributed by atoms with van der Waals surface area (Å²) >= 11 is 0. The molecule has 0 bridgehead atoms. The van der Waals surface area contributed by atoms with Gasteiger partial charge in [-0.15, -0.1) is 0 Å². The van der Waals surface area contributed by atoms with E-state index < -0.39 is 36.9 Å². The fraction of sp³-hybridized carbons (Fsp3) is 0.906. The van der Waals surface area contributed by atoms with E-state index in [-0.39, 0.29) is 0 Å². The number of amides is 1. The normalized spacial score (nSPS) is 14.1. The lowest BCUT2D eigenvalue weighted by Gasteiger charge is -2.27. The van der Waals surface area contributed by atoms with Gasteiger partial charge >= 0.3 is 0 Å². The van der Waals surface area contributed by atoms with E-state index in [9.17, 15) is 25.2 Å². The molecule has 1 amide bonds. The Morgan fingerprint density at radius 1 is 0.407 bits per heavy atom. The molecule has 0 aromatic heterocycles. The van der Waals surface area contributed by atoms with E-state index in [1.54, 1.807) is 0 Å². The number of hydrogen-bond acceptors (Lipinski definition) is 5. The summed E-state index contributed by atoms with van der Waals surface area (Å²) in [6, 6.07) is -1.01. The maximum atomic E-state index is 12.6. The molecule has 5 N–H and O–H groups in total. The summed E-state index contributed by atoms with van der Waals surface area (Å²) in [6.45, 7) is 4.06. The third-order valence-electron chi connectivity index (χ3n) is 12.4. The second-order valence-corrected chi connectivity index (χ2v) is 18.2. The molecule has 0 aromatic rings. The number of aliphatic hydroxyl groups is 4. The van der Waals surface area contributed by atoms with Crippen molar-refractivity contribution in [1.29, 1.82) is 0 Å². The van der Waals surface area contributed by atoms with Gasteiger partial charge in [0.2, 0.25) is 5.91 Å². The van der Waals surface area contributed by atoms with Crippen LogP contribution in [0.15, 0.2) is 24.3 Å². The first-order valence-electron chi connectivity index (χ1n) is 26.2. The summed E-state index contributed by atoms with van der Waals surface area (Å²) < 4.78 is 0. The first kappa shape index (κ1) is 57.8. The molecule has 4 unspecified atom stereocenters. The van der Waals surface area contributed by atoms with Gasteiger partial charge in [0.15, 0.2) is 0 Å². The van der Waals surface area contributed by atoms with E-state index in [4.69, 9.17) is 0 Å². The Morgan fingerprint density at radius 2 is 0.712 bits per heavy atom. The van der Waals surface area contributed by atoms with Gasteiger partial charge in [-0.2, -0.15) is 0 Å². The van der Waals surface area contributed by atoms with Gasteiger partial charge in [-0.05, 0) is 51.4 Å². The Balaban J connectivity index is 3.68. The number of hydrogen-bond donors (Lipinski definition) is 5. The first-order chi connectivity index (χ1) is 29.0. The number of carbonyl (C=O) groups excluding carboxylic acids is 1. The van der Waals surface area contributed by atoms with Crippen LogP contribution >= 0.6 is 0 Å². The van der Waals surface area contributed by atoms with Gasteiger partial charge in [0, 0.05) is 0 Å². The van der Waals surface area contributed by atoms with Gasteiger partial charge in [-0.1, -0.05) is 250 Å². The zero-order valence-electron chi connectivity index (χ0n) is 39.5. The largest absolute Gasteiger partial charge is 0.394 e. The third kappa shape index (κ3) is 41.9. The molecule has 0 aliphatic heterocycles. The number of carbonyl (C=O) groups is 1. The molecule has 0 aromatic carbocycles. The van der Waals surface area contributed by atoms with Crippen molar-refractivity contribution in [3.63, 3.8) is 0 Å². The van der Waals surface area contributed by atoms with Crippen LogP contribution in [0.2, 0.25) is 0 Å². The minimum atomic E-state index is -1.29. The van der Waals surface area contributed by atoms with E-state index in [1.165, 1.54) is 205 Å². The molecule has 59 heavy (non-hydrogen) atoms. The number of aliphatic hydroxyl groups excluding tert-OH is 4. The van der Waals surface area contributed by atoms with Gasteiger partial charge in [0.05, 0.1) is 18.8 Å². The fourth-order valence-corrected chi connectivity index (χ4v) is 8.25. The molecule has 0 heterocycles. The van der Waals surface area contributed by atoms with Gasteiger partial charge < -0.3 is 25.7 Å².